The molecule has 126 valence electrons. The minimum atomic E-state index is -1.00. The number of nitrogens with zero attached hydrogens (tertiary/aromatic N) is 2. The lowest BCUT2D eigenvalue weighted by Crippen LogP contribution is -2.30. The molecule has 0 aliphatic rings. The van der Waals surface area contributed by atoms with Crippen LogP contribution in [0.25, 0.3) is 0 Å². The standard InChI is InChI=1S/C16H17N3O5/c1-10(2)24-13-5-3-11(4-6-13)8-18-9-12(19(22)23)7-14(15(17)20)16(18)21/h3-7,9-10H,8H2,1-2H3,(H2,17,20). The second-order valence-electron chi connectivity index (χ2n) is 5.48. The van der Waals surface area contributed by atoms with Gasteiger partial charge in [-0.05, 0) is 31.5 Å². The third-order valence-electron chi connectivity index (χ3n) is 3.20. The third-order valence-corrected chi connectivity index (χ3v) is 3.20. The van der Waals surface area contributed by atoms with Gasteiger partial charge in [0, 0.05) is 6.07 Å². The van der Waals surface area contributed by atoms with Gasteiger partial charge in [-0.1, -0.05) is 12.1 Å². The molecule has 8 nitrogen and oxygen atoms in total. The zero-order valence-electron chi connectivity index (χ0n) is 13.3. The van der Waals surface area contributed by atoms with Gasteiger partial charge < -0.3 is 15.0 Å². The first-order chi connectivity index (χ1) is 11.3. The molecule has 0 spiro atoms. The highest BCUT2D eigenvalue weighted by atomic mass is 16.6. The molecule has 0 aliphatic heterocycles. The second-order valence-corrected chi connectivity index (χ2v) is 5.48. The van der Waals surface area contributed by atoms with E-state index < -0.39 is 22.0 Å². The molecule has 0 saturated carbocycles. The number of ether oxygens (including phenoxy) is 1. The van der Waals surface area contributed by atoms with E-state index in [1.807, 2.05) is 13.8 Å². The smallest absolute Gasteiger partial charge is 0.286 e. The summed E-state index contributed by atoms with van der Waals surface area (Å²) in [6, 6.07) is 7.86. The highest BCUT2D eigenvalue weighted by Gasteiger charge is 2.17. The summed E-state index contributed by atoms with van der Waals surface area (Å²) < 4.78 is 6.62. The van der Waals surface area contributed by atoms with Crippen LogP contribution in [-0.2, 0) is 6.54 Å². The quantitative estimate of drug-likeness (QED) is 0.638. The van der Waals surface area contributed by atoms with E-state index in [1.54, 1.807) is 24.3 Å². The molecule has 8 heteroatoms. The van der Waals surface area contributed by atoms with Crippen LogP contribution in [0.15, 0.2) is 41.3 Å². The van der Waals surface area contributed by atoms with Gasteiger partial charge in [0.2, 0.25) is 0 Å². The van der Waals surface area contributed by atoms with Crippen molar-refractivity contribution in [3.63, 3.8) is 0 Å². The highest BCUT2D eigenvalue weighted by Crippen LogP contribution is 2.16. The van der Waals surface area contributed by atoms with Crippen LogP contribution in [0, 0.1) is 10.1 Å². The van der Waals surface area contributed by atoms with Crippen LogP contribution in [0.3, 0.4) is 0 Å². The number of rotatable bonds is 6. The summed E-state index contributed by atoms with van der Waals surface area (Å²) in [6.45, 7) is 3.88. The molecule has 24 heavy (non-hydrogen) atoms. The summed E-state index contributed by atoms with van der Waals surface area (Å²) >= 11 is 0. The zero-order chi connectivity index (χ0) is 17.9. The Balaban J connectivity index is 2.36. The van der Waals surface area contributed by atoms with E-state index in [2.05, 4.69) is 0 Å². The lowest BCUT2D eigenvalue weighted by Gasteiger charge is -2.11. The maximum atomic E-state index is 12.2. The number of hydrogen-bond donors (Lipinski definition) is 1. The molecule has 0 fully saturated rings. The Bertz CT molecular complexity index is 825. The topological polar surface area (TPSA) is 117 Å². The first kappa shape index (κ1) is 17.2. The number of carbonyl (C=O) groups excluding carboxylic acids is 1. The maximum absolute atomic E-state index is 12.2. The van der Waals surface area contributed by atoms with Gasteiger partial charge in [0.25, 0.3) is 17.2 Å². The van der Waals surface area contributed by atoms with Crippen LogP contribution in [0.4, 0.5) is 5.69 Å². The van der Waals surface area contributed by atoms with Gasteiger partial charge in [-0.15, -0.1) is 0 Å². The Morgan fingerprint density at radius 3 is 2.46 bits per heavy atom. The fourth-order valence-electron chi connectivity index (χ4n) is 2.16. The summed E-state index contributed by atoms with van der Waals surface area (Å²) in [7, 11) is 0. The minimum absolute atomic E-state index is 0.0355. The number of nitrogens with two attached hydrogens (primary N) is 1. The summed E-state index contributed by atoms with van der Waals surface area (Å²) in [4.78, 5) is 33.8. The van der Waals surface area contributed by atoms with E-state index in [4.69, 9.17) is 10.5 Å². The third kappa shape index (κ3) is 3.97. The zero-order valence-corrected chi connectivity index (χ0v) is 13.3. The number of nitro groups is 1. The first-order valence-corrected chi connectivity index (χ1v) is 7.22. The van der Waals surface area contributed by atoms with E-state index in [1.165, 1.54) is 0 Å². The molecule has 0 bridgehead atoms. The molecule has 0 radical (unpaired) electrons. The van der Waals surface area contributed by atoms with Crippen molar-refractivity contribution in [2.45, 2.75) is 26.5 Å². The van der Waals surface area contributed by atoms with E-state index in [0.717, 1.165) is 22.4 Å². The average Bonchev–Trinajstić information content (AvgIpc) is 2.50. The van der Waals surface area contributed by atoms with Crippen molar-refractivity contribution < 1.29 is 14.5 Å². The number of hydrogen-bond acceptors (Lipinski definition) is 5. The van der Waals surface area contributed by atoms with Gasteiger partial charge in [0.1, 0.15) is 11.3 Å². The van der Waals surface area contributed by atoms with Crippen LogP contribution in [0.1, 0.15) is 29.8 Å². The van der Waals surface area contributed by atoms with Crippen molar-refractivity contribution >= 4 is 11.6 Å². The normalized spacial score (nSPS) is 10.6. The van der Waals surface area contributed by atoms with Gasteiger partial charge in [-0.2, -0.15) is 0 Å². The summed E-state index contributed by atoms with van der Waals surface area (Å²) in [5.74, 6) is -0.323. The number of benzene rings is 1. The molecule has 1 amide bonds. The number of primary amides is 1. The minimum Gasteiger partial charge on any atom is -0.491 e. The van der Waals surface area contributed by atoms with Crippen molar-refractivity contribution in [3.8, 4) is 5.75 Å². The van der Waals surface area contributed by atoms with Gasteiger partial charge >= 0.3 is 0 Å². The number of carbonyl (C=O) groups is 1. The number of aromatic nitrogens is 1. The van der Waals surface area contributed by atoms with Gasteiger partial charge in [-0.25, -0.2) is 0 Å². The number of pyridine rings is 1. The Morgan fingerprint density at radius 1 is 1.33 bits per heavy atom. The largest absolute Gasteiger partial charge is 0.491 e. The van der Waals surface area contributed by atoms with E-state index in [0.29, 0.717) is 5.75 Å². The van der Waals surface area contributed by atoms with Gasteiger partial charge in [0.05, 0.1) is 23.8 Å². The molecule has 0 unspecified atom stereocenters. The maximum Gasteiger partial charge on any atom is 0.286 e. The van der Waals surface area contributed by atoms with Crippen molar-refractivity contribution in [1.82, 2.24) is 4.57 Å². The monoisotopic (exact) mass is 331 g/mol. The van der Waals surface area contributed by atoms with Gasteiger partial charge in [0.15, 0.2) is 0 Å². The first-order valence-electron chi connectivity index (χ1n) is 7.22. The van der Waals surface area contributed by atoms with Crippen LogP contribution in [0.5, 0.6) is 5.75 Å². The van der Waals surface area contributed by atoms with Crippen molar-refractivity contribution in [1.29, 1.82) is 0 Å². The lowest BCUT2D eigenvalue weighted by atomic mass is 10.2. The number of amides is 1. The summed E-state index contributed by atoms with van der Waals surface area (Å²) in [5, 5.41) is 11.0. The molecular formula is C16H17N3O5. The van der Waals surface area contributed by atoms with E-state index in [-0.39, 0.29) is 18.3 Å². The molecule has 2 rings (SSSR count). The Labute approximate surface area is 137 Å². The van der Waals surface area contributed by atoms with Gasteiger partial charge in [-0.3, -0.25) is 19.7 Å². The molecule has 0 aliphatic carbocycles. The van der Waals surface area contributed by atoms with E-state index >= 15 is 0 Å². The van der Waals surface area contributed by atoms with Crippen LogP contribution < -0.4 is 16.0 Å². The predicted molar refractivity (Wildman–Crippen MR) is 87.2 cm³/mol. The molecule has 1 heterocycles. The molecule has 0 saturated heterocycles. The summed E-state index contributed by atoms with van der Waals surface area (Å²) in [6.07, 6.45) is 1.13. The fraction of sp³-hybridized carbons (Fsp3) is 0.250. The van der Waals surface area contributed by atoms with Crippen molar-refractivity contribution in [3.05, 3.63) is 68.1 Å². The summed E-state index contributed by atoms with van der Waals surface area (Å²) in [5.41, 5.74) is 4.39. The van der Waals surface area contributed by atoms with Crippen molar-refractivity contribution in [2.75, 3.05) is 0 Å². The Morgan fingerprint density at radius 2 is 1.96 bits per heavy atom. The van der Waals surface area contributed by atoms with E-state index in [9.17, 15) is 19.7 Å². The highest BCUT2D eigenvalue weighted by molar-refractivity contribution is 5.92. The lowest BCUT2D eigenvalue weighted by molar-refractivity contribution is -0.385. The molecular weight excluding hydrogens is 314 g/mol. The SMILES string of the molecule is CC(C)Oc1ccc(Cn2cc([N+](=O)[O-])cc(C(N)=O)c2=O)cc1. The molecule has 1 aromatic heterocycles. The molecule has 2 aromatic rings. The Kier molecular flexibility index (Phi) is 4.98. The van der Waals surface area contributed by atoms with Crippen LogP contribution >= 0.6 is 0 Å². The predicted octanol–water partition coefficient (Wildman–Crippen LogP) is 1.69. The second kappa shape index (κ2) is 6.95. The fourth-order valence-corrected chi connectivity index (χ4v) is 2.16. The average molecular weight is 331 g/mol. The molecule has 1 aromatic carbocycles. The Hall–Kier alpha value is -3.16. The van der Waals surface area contributed by atoms with Crippen LogP contribution in [0.2, 0.25) is 0 Å². The van der Waals surface area contributed by atoms with Crippen LogP contribution in [-0.4, -0.2) is 21.5 Å². The molecule has 2 N–H and O–H groups in total. The molecule has 0 atom stereocenters. The van der Waals surface area contributed by atoms with Crippen molar-refractivity contribution in [2.24, 2.45) is 5.73 Å².